The number of nitriles is 1. The third kappa shape index (κ3) is 5.00. The first kappa shape index (κ1) is 27.1. The summed E-state index contributed by atoms with van der Waals surface area (Å²) in [7, 11) is 0. The number of nitrogens with one attached hydrogen (secondary N) is 2. The van der Waals surface area contributed by atoms with Crippen LogP contribution in [0.15, 0.2) is 52.7 Å². The Kier molecular flexibility index (Phi) is 6.66. The number of rotatable bonds is 8. The highest BCUT2D eigenvalue weighted by molar-refractivity contribution is 9.10. The maximum Gasteiger partial charge on any atom is 0.245 e. The molecule has 1 fully saturated rings. The molecule has 5 aromatic rings. The number of carbonyl (C=O) groups is 1. The molecule has 0 saturated heterocycles. The summed E-state index contributed by atoms with van der Waals surface area (Å²) in [5.41, 5.74) is 12.0. The number of fused-ring (bicyclic) bond motifs is 2. The van der Waals surface area contributed by atoms with Gasteiger partial charge >= 0.3 is 0 Å². The van der Waals surface area contributed by atoms with Gasteiger partial charge in [-0.05, 0) is 57.9 Å². The quantitative estimate of drug-likeness (QED) is 0.198. The molecule has 2 aromatic carbocycles. The van der Waals surface area contributed by atoms with Crippen molar-refractivity contribution in [2.45, 2.75) is 45.2 Å². The molecule has 0 bridgehead atoms. The van der Waals surface area contributed by atoms with Gasteiger partial charge in [-0.15, -0.1) is 16.4 Å². The summed E-state index contributed by atoms with van der Waals surface area (Å²) in [5, 5.41) is 26.7. The second-order valence-electron chi connectivity index (χ2n) is 11.5. The number of amides is 1. The Balaban J connectivity index is 1.47. The highest BCUT2D eigenvalue weighted by Gasteiger charge is 2.52. The molecule has 208 valence electrons. The standard InChI is InChI=1S/C29H28BrN9OS/c1-28(2,3)14-34-23-16(11-31)12-33-24-19(23)9-17(10-20(24)30)36-25(18-5-4-6-21-26(18)41-15-35-21)22-13-39(38-37-22)29(7-8-29)27(32)40/h4-6,9-10,12-13,15,25,36H,7-8,14H2,1-3H3,(H2,32,40)(H,33,34). The Hall–Kier alpha value is -4.08. The summed E-state index contributed by atoms with van der Waals surface area (Å²) in [5.74, 6) is -0.405. The zero-order valence-electron chi connectivity index (χ0n) is 22.8. The lowest BCUT2D eigenvalue weighted by Gasteiger charge is -2.22. The predicted octanol–water partition coefficient (Wildman–Crippen LogP) is 5.70. The molecular weight excluding hydrogens is 602 g/mol. The second kappa shape index (κ2) is 10.1. The van der Waals surface area contributed by atoms with Gasteiger partial charge in [-0.25, -0.2) is 9.67 Å². The van der Waals surface area contributed by atoms with E-state index in [9.17, 15) is 10.1 Å². The number of aromatic nitrogens is 5. The minimum Gasteiger partial charge on any atom is -0.383 e. The van der Waals surface area contributed by atoms with Crippen LogP contribution in [0.1, 0.15) is 56.5 Å². The number of pyridine rings is 1. The first-order chi connectivity index (χ1) is 19.6. The van der Waals surface area contributed by atoms with Crippen LogP contribution in [0.4, 0.5) is 11.4 Å². The number of thiazole rings is 1. The third-order valence-electron chi connectivity index (χ3n) is 7.28. The molecule has 1 atom stereocenters. The van der Waals surface area contributed by atoms with Crippen LogP contribution < -0.4 is 16.4 Å². The number of carbonyl (C=O) groups excluding carboxylic acids is 1. The van der Waals surface area contributed by atoms with Crippen molar-refractivity contribution in [3.8, 4) is 6.07 Å². The van der Waals surface area contributed by atoms with Crippen molar-refractivity contribution in [1.82, 2.24) is 25.0 Å². The summed E-state index contributed by atoms with van der Waals surface area (Å²) in [6, 6.07) is 11.8. The fourth-order valence-electron chi connectivity index (χ4n) is 4.91. The minimum atomic E-state index is -0.814. The first-order valence-corrected chi connectivity index (χ1v) is 14.8. The average molecular weight is 631 g/mol. The molecular formula is C29H28BrN9OS. The summed E-state index contributed by atoms with van der Waals surface area (Å²) in [4.78, 5) is 21.3. The van der Waals surface area contributed by atoms with Crippen molar-refractivity contribution >= 4 is 65.7 Å². The van der Waals surface area contributed by atoms with E-state index < -0.39 is 17.5 Å². The van der Waals surface area contributed by atoms with E-state index in [1.807, 2.05) is 35.8 Å². The molecule has 1 aliphatic carbocycles. The molecule has 0 radical (unpaired) electrons. The van der Waals surface area contributed by atoms with E-state index in [0.717, 1.165) is 42.5 Å². The van der Waals surface area contributed by atoms with Gasteiger partial charge in [-0.2, -0.15) is 5.26 Å². The Labute approximate surface area is 249 Å². The van der Waals surface area contributed by atoms with Crippen LogP contribution in [0.2, 0.25) is 0 Å². The number of hydrogen-bond donors (Lipinski definition) is 3. The van der Waals surface area contributed by atoms with Crippen molar-refractivity contribution in [2.24, 2.45) is 11.1 Å². The lowest BCUT2D eigenvalue weighted by atomic mass is 9.96. The highest BCUT2D eigenvalue weighted by Crippen LogP contribution is 2.43. The van der Waals surface area contributed by atoms with Crippen LogP contribution in [0.25, 0.3) is 21.1 Å². The average Bonchev–Trinajstić information content (AvgIpc) is 3.35. The maximum atomic E-state index is 12.2. The van der Waals surface area contributed by atoms with Crippen LogP contribution in [0.5, 0.6) is 0 Å². The van der Waals surface area contributed by atoms with Crippen molar-refractivity contribution in [1.29, 1.82) is 5.26 Å². The van der Waals surface area contributed by atoms with Gasteiger partial charge in [0.1, 0.15) is 17.3 Å². The van der Waals surface area contributed by atoms with E-state index in [2.05, 4.69) is 73.7 Å². The van der Waals surface area contributed by atoms with E-state index in [1.165, 1.54) is 0 Å². The van der Waals surface area contributed by atoms with Gasteiger partial charge in [0, 0.05) is 28.3 Å². The van der Waals surface area contributed by atoms with Gasteiger partial charge in [0.15, 0.2) is 0 Å². The van der Waals surface area contributed by atoms with Gasteiger partial charge < -0.3 is 16.4 Å². The Morgan fingerprint density at radius 3 is 2.80 bits per heavy atom. The number of hydrogen-bond acceptors (Lipinski definition) is 9. The molecule has 41 heavy (non-hydrogen) atoms. The Bertz CT molecular complexity index is 1840. The molecule has 3 heterocycles. The summed E-state index contributed by atoms with van der Waals surface area (Å²) in [6.07, 6.45) is 4.69. The van der Waals surface area contributed by atoms with E-state index in [-0.39, 0.29) is 5.41 Å². The summed E-state index contributed by atoms with van der Waals surface area (Å²) < 4.78 is 3.40. The normalized spacial score (nSPS) is 15.0. The fourth-order valence-corrected chi connectivity index (χ4v) is 6.31. The smallest absolute Gasteiger partial charge is 0.245 e. The molecule has 3 aromatic heterocycles. The minimum absolute atomic E-state index is 0.00356. The van der Waals surface area contributed by atoms with Crippen molar-refractivity contribution in [3.63, 3.8) is 0 Å². The van der Waals surface area contributed by atoms with Gasteiger partial charge in [-0.1, -0.05) is 38.1 Å². The molecule has 1 unspecified atom stereocenters. The molecule has 0 aliphatic heterocycles. The Morgan fingerprint density at radius 1 is 1.29 bits per heavy atom. The van der Waals surface area contributed by atoms with Crippen molar-refractivity contribution in [3.05, 3.63) is 69.5 Å². The number of nitrogens with zero attached hydrogens (tertiary/aromatic N) is 6. The monoisotopic (exact) mass is 629 g/mol. The van der Waals surface area contributed by atoms with E-state index in [1.54, 1.807) is 28.4 Å². The molecule has 1 amide bonds. The van der Waals surface area contributed by atoms with Gasteiger partial charge in [0.05, 0.1) is 44.7 Å². The zero-order chi connectivity index (χ0) is 28.9. The SMILES string of the molecule is CC(C)(C)CNc1c(C#N)cnc2c(Br)cc(NC(c3cn(C4(C(N)=O)CC4)nn3)c3cccc4ncsc34)cc12. The van der Waals surface area contributed by atoms with E-state index >= 15 is 0 Å². The predicted molar refractivity (Wildman–Crippen MR) is 164 cm³/mol. The van der Waals surface area contributed by atoms with Gasteiger partial charge in [0.2, 0.25) is 5.91 Å². The largest absolute Gasteiger partial charge is 0.383 e. The summed E-state index contributed by atoms with van der Waals surface area (Å²) in [6.45, 7) is 7.09. The number of halogens is 1. The van der Waals surface area contributed by atoms with Gasteiger partial charge in [0.25, 0.3) is 0 Å². The van der Waals surface area contributed by atoms with Crippen LogP contribution in [0, 0.1) is 16.7 Å². The van der Waals surface area contributed by atoms with Crippen LogP contribution in [0.3, 0.4) is 0 Å². The number of primary amides is 1. The van der Waals surface area contributed by atoms with Crippen molar-refractivity contribution < 1.29 is 4.79 Å². The van der Waals surface area contributed by atoms with Crippen molar-refractivity contribution in [2.75, 3.05) is 17.2 Å². The number of benzene rings is 2. The molecule has 10 nitrogen and oxygen atoms in total. The molecule has 0 spiro atoms. The fraction of sp³-hybridized carbons (Fsp3) is 0.310. The Morgan fingerprint density at radius 2 is 2.10 bits per heavy atom. The molecule has 1 aliphatic rings. The molecule has 12 heteroatoms. The molecule has 6 rings (SSSR count). The van der Waals surface area contributed by atoms with Crippen LogP contribution >= 0.6 is 27.3 Å². The zero-order valence-corrected chi connectivity index (χ0v) is 25.2. The van der Waals surface area contributed by atoms with E-state index in [0.29, 0.717) is 30.6 Å². The lowest BCUT2D eigenvalue weighted by molar-refractivity contribution is -0.122. The number of nitrogens with two attached hydrogens (primary N) is 1. The van der Waals surface area contributed by atoms with Crippen LogP contribution in [-0.4, -0.2) is 37.4 Å². The topological polar surface area (TPSA) is 147 Å². The maximum absolute atomic E-state index is 12.2. The molecule has 1 saturated carbocycles. The first-order valence-electron chi connectivity index (χ1n) is 13.2. The van der Waals surface area contributed by atoms with E-state index in [4.69, 9.17) is 5.73 Å². The third-order valence-corrected chi connectivity index (χ3v) is 8.77. The van der Waals surface area contributed by atoms with Crippen LogP contribution in [-0.2, 0) is 10.3 Å². The van der Waals surface area contributed by atoms with Gasteiger partial charge in [-0.3, -0.25) is 9.78 Å². The summed E-state index contributed by atoms with van der Waals surface area (Å²) >= 11 is 5.26. The number of anilines is 2. The lowest BCUT2D eigenvalue weighted by Crippen LogP contribution is -2.34. The highest BCUT2D eigenvalue weighted by atomic mass is 79.9. The second-order valence-corrected chi connectivity index (χ2v) is 13.2. The molecule has 4 N–H and O–H groups in total.